The van der Waals surface area contributed by atoms with Gasteiger partial charge in [0.15, 0.2) is 0 Å². The molecule has 5 rings (SSSR count). The van der Waals surface area contributed by atoms with Gasteiger partial charge in [-0.1, -0.05) is 105 Å². The van der Waals surface area contributed by atoms with Crippen molar-refractivity contribution in [3.05, 3.63) is 112 Å². The highest BCUT2D eigenvalue weighted by Gasteiger charge is 2.26. The number of benzene rings is 2. The highest BCUT2D eigenvalue weighted by Crippen LogP contribution is 2.41. The largest absolute Gasteiger partial charge is 0.0726 e. The molecule has 0 nitrogen and oxygen atoms in total. The lowest BCUT2D eigenvalue weighted by Crippen LogP contribution is -2.10. The van der Waals surface area contributed by atoms with Crippen LogP contribution in [-0.2, 0) is 12.8 Å². The van der Waals surface area contributed by atoms with Crippen LogP contribution in [0.2, 0.25) is 0 Å². The van der Waals surface area contributed by atoms with Gasteiger partial charge in [-0.15, -0.1) is 0 Å². The molecule has 0 heteroatoms. The molecule has 0 heterocycles. The van der Waals surface area contributed by atoms with Crippen molar-refractivity contribution in [1.82, 2.24) is 0 Å². The third-order valence-electron chi connectivity index (χ3n) is 7.23. The molecule has 1 fully saturated rings. The fourth-order valence-electron chi connectivity index (χ4n) is 5.38. The lowest BCUT2D eigenvalue weighted by atomic mass is 9.79. The molecule has 0 saturated heterocycles. The van der Waals surface area contributed by atoms with Gasteiger partial charge in [-0.25, -0.2) is 0 Å². The third kappa shape index (κ3) is 3.88. The van der Waals surface area contributed by atoms with Crippen molar-refractivity contribution < 1.29 is 0 Å². The minimum atomic E-state index is 0.402. The maximum Gasteiger partial charge on any atom is 0.0281 e. The SMILES string of the molecule is CCc1ccc(C2=CC=C(Cc3ccc(C4CCCCC4)cc3)C3=CC=CC32)cc1. The normalized spacial score (nSPS) is 21.1. The fraction of sp³-hybridized carbons (Fsp3) is 0.333. The van der Waals surface area contributed by atoms with Crippen molar-refractivity contribution in [2.75, 3.05) is 0 Å². The van der Waals surface area contributed by atoms with Gasteiger partial charge < -0.3 is 0 Å². The van der Waals surface area contributed by atoms with Gasteiger partial charge in [0.25, 0.3) is 0 Å². The zero-order valence-electron chi connectivity index (χ0n) is 18.1. The van der Waals surface area contributed by atoms with Crippen LogP contribution in [0.4, 0.5) is 0 Å². The number of hydrogen-bond acceptors (Lipinski definition) is 0. The first-order chi connectivity index (χ1) is 14.8. The van der Waals surface area contributed by atoms with Crippen LogP contribution >= 0.6 is 0 Å². The van der Waals surface area contributed by atoms with Crippen molar-refractivity contribution in [3.8, 4) is 0 Å². The van der Waals surface area contributed by atoms with E-state index in [1.54, 1.807) is 5.56 Å². The van der Waals surface area contributed by atoms with Crippen molar-refractivity contribution in [2.45, 2.75) is 57.8 Å². The van der Waals surface area contributed by atoms with Gasteiger partial charge in [0, 0.05) is 5.92 Å². The van der Waals surface area contributed by atoms with E-state index in [-0.39, 0.29) is 0 Å². The van der Waals surface area contributed by atoms with Crippen LogP contribution in [-0.4, -0.2) is 0 Å². The Labute approximate surface area is 181 Å². The van der Waals surface area contributed by atoms with Crippen LogP contribution < -0.4 is 0 Å². The Morgan fingerprint density at radius 2 is 1.47 bits per heavy atom. The predicted octanol–water partition coefficient (Wildman–Crippen LogP) is 7.98. The number of allylic oxidation sites excluding steroid dienone is 8. The molecule has 2 aromatic carbocycles. The Balaban J connectivity index is 1.35. The Hall–Kier alpha value is -2.60. The first kappa shape index (κ1) is 19.4. The van der Waals surface area contributed by atoms with E-state index < -0.39 is 0 Å². The average molecular weight is 393 g/mol. The van der Waals surface area contributed by atoms with E-state index in [1.165, 1.54) is 65.5 Å². The summed E-state index contributed by atoms with van der Waals surface area (Å²) < 4.78 is 0. The second-order valence-electron chi connectivity index (χ2n) is 9.10. The van der Waals surface area contributed by atoms with E-state index in [0.29, 0.717) is 5.92 Å². The molecule has 0 N–H and O–H groups in total. The maximum atomic E-state index is 2.39. The standard InChI is InChI=1S/C30H32/c1-2-22-11-17-26(18-12-22)29-20-19-27(28-9-6-10-30(28)29)21-23-13-15-25(16-14-23)24-7-4-3-5-8-24/h6,9-20,24,30H,2-5,7-8,21H2,1H3. The molecule has 3 aliphatic carbocycles. The Bertz CT molecular complexity index is 1000. The van der Waals surface area contributed by atoms with Crippen LogP contribution in [0, 0.1) is 5.92 Å². The zero-order chi connectivity index (χ0) is 20.3. The molecule has 152 valence electrons. The summed E-state index contributed by atoms with van der Waals surface area (Å²) in [4.78, 5) is 0. The number of aryl methyl sites for hydroxylation is 1. The topological polar surface area (TPSA) is 0 Å². The first-order valence-corrected chi connectivity index (χ1v) is 11.8. The molecule has 1 unspecified atom stereocenters. The average Bonchev–Trinajstić information content (AvgIpc) is 3.31. The molecule has 3 aliphatic rings. The lowest BCUT2D eigenvalue weighted by molar-refractivity contribution is 0.443. The Morgan fingerprint density at radius 3 is 2.20 bits per heavy atom. The summed E-state index contributed by atoms with van der Waals surface area (Å²) >= 11 is 0. The number of hydrogen-bond donors (Lipinski definition) is 0. The van der Waals surface area contributed by atoms with Gasteiger partial charge in [-0.3, -0.25) is 0 Å². The van der Waals surface area contributed by atoms with Gasteiger partial charge in [0.05, 0.1) is 0 Å². The van der Waals surface area contributed by atoms with E-state index in [0.717, 1.165) is 18.8 Å². The van der Waals surface area contributed by atoms with Gasteiger partial charge in [-0.05, 0) is 70.6 Å². The van der Waals surface area contributed by atoms with Gasteiger partial charge in [0.2, 0.25) is 0 Å². The van der Waals surface area contributed by atoms with Gasteiger partial charge in [-0.2, -0.15) is 0 Å². The predicted molar refractivity (Wildman–Crippen MR) is 129 cm³/mol. The zero-order valence-corrected chi connectivity index (χ0v) is 18.1. The minimum absolute atomic E-state index is 0.402. The van der Waals surface area contributed by atoms with Gasteiger partial charge in [0.1, 0.15) is 0 Å². The summed E-state index contributed by atoms with van der Waals surface area (Å²) in [7, 11) is 0. The molecule has 0 aromatic heterocycles. The quantitative estimate of drug-likeness (QED) is 0.484. The summed E-state index contributed by atoms with van der Waals surface area (Å²) in [6, 6.07) is 18.6. The molecule has 0 amide bonds. The molecule has 1 saturated carbocycles. The van der Waals surface area contributed by atoms with Crippen LogP contribution in [0.1, 0.15) is 67.2 Å². The maximum absolute atomic E-state index is 2.39. The van der Waals surface area contributed by atoms with E-state index in [4.69, 9.17) is 0 Å². The molecule has 0 spiro atoms. The second-order valence-corrected chi connectivity index (χ2v) is 9.10. The summed E-state index contributed by atoms with van der Waals surface area (Å²) in [5.41, 5.74) is 10.1. The van der Waals surface area contributed by atoms with Crippen molar-refractivity contribution in [2.24, 2.45) is 5.92 Å². The molecule has 30 heavy (non-hydrogen) atoms. The molecule has 0 aliphatic heterocycles. The molecular weight excluding hydrogens is 360 g/mol. The van der Waals surface area contributed by atoms with Crippen LogP contribution in [0.3, 0.4) is 0 Å². The summed E-state index contributed by atoms with van der Waals surface area (Å²) in [5.74, 6) is 1.19. The van der Waals surface area contributed by atoms with E-state index in [2.05, 4.69) is 85.8 Å². The summed E-state index contributed by atoms with van der Waals surface area (Å²) in [6.45, 7) is 2.21. The third-order valence-corrected chi connectivity index (χ3v) is 7.23. The molecule has 2 aromatic rings. The number of fused-ring (bicyclic) bond motifs is 1. The van der Waals surface area contributed by atoms with Crippen molar-refractivity contribution in [1.29, 1.82) is 0 Å². The van der Waals surface area contributed by atoms with Crippen LogP contribution in [0.5, 0.6) is 0 Å². The monoisotopic (exact) mass is 392 g/mol. The fourth-order valence-corrected chi connectivity index (χ4v) is 5.38. The highest BCUT2D eigenvalue weighted by molar-refractivity contribution is 5.78. The molecule has 0 radical (unpaired) electrons. The minimum Gasteiger partial charge on any atom is -0.0726 e. The van der Waals surface area contributed by atoms with Crippen molar-refractivity contribution >= 4 is 5.57 Å². The summed E-state index contributed by atoms with van der Waals surface area (Å²) in [5, 5.41) is 0. The second kappa shape index (κ2) is 8.64. The smallest absolute Gasteiger partial charge is 0.0281 e. The Morgan fingerprint density at radius 1 is 0.733 bits per heavy atom. The number of rotatable bonds is 5. The van der Waals surface area contributed by atoms with E-state index in [1.807, 2.05) is 0 Å². The molecule has 0 bridgehead atoms. The lowest BCUT2D eigenvalue weighted by Gasteiger charge is -2.25. The highest BCUT2D eigenvalue weighted by atomic mass is 14.3. The van der Waals surface area contributed by atoms with Crippen molar-refractivity contribution in [3.63, 3.8) is 0 Å². The Kier molecular flexibility index (Phi) is 5.58. The molecule has 1 atom stereocenters. The van der Waals surface area contributed by atoms with E-state index >= 15 is 0 Å². The van der Waals surface area contributed by atoms with Crippen LogP contribution in [0.25, 0.3) is 5.57 Å². The van der Waals surface area contributed by atoms with E-state index in [9.17, 15) is 0 Å². The molecular formula is C30H32. The van der Waals surface area contributed by atoms with Gasteiger partial charge >= 0.3 is 0 Å². The summed E-state index contributed by atoms with van der Waals surface area (Å²) in [6.07, 6.45) is 20.7. The van der Waals surface area contributed by atoms with Crippen LogP contribution in [0.15, 0.2) is 90.1 Å². The first-order valence-electron chi connectivity index (χ1n) is 11.8.